The zero-order chi connectivity index (χ0) is 14.5. The van der Waals surface area contributed by atoms with Crippen LogP contribution in [0.25, 0.3) is 0 Å². The predicted octanol–water partition coefficient (Wildman–Crippen LogP) is 2.87. The summed E-state index contributed by atoms with van der Waals surface area (Å²) in [6.45, 7) is 4.85. The number of carbonyl (C=O) groups is 1. The number of phenols is 1. The van der Waals surface area contributed by atoms with E-state index in [9.17, 15) is 9.90 Å². The first-order valence-corrected chi connectivity index (χ1v) is 7.39. The Bertz CT molecular complexity index is 480. The summed E-state index contributed by atoms with van der Waals surface area (Å²) < 4.78 is 0. The average molecular weight is 276 g/mol. The van der Waals surface area contributed by atoms with Crippen molar-refractivity contribution in [3.63, 3.8) is 0 Å². The molecule has 1 aromatic carbocycles. The maximum atomic E-state index is 12.0. The van der Waals surface area contributed by atoms with E-state index in [-0.39, 0.29) is 11.7 Å². The topological polar surface area (TPSA) is 61.4 Å². The van der Waals surface area contributed by atoms with Crippen molar-refractivity contribution in [2.24, 2.45) is 0 Å². The van der Waals surface area contributed by atoms with Crippen LogP contribution >= 0.6 is 0 Å². The monoisotopic (exact) mass is 276 g/mol. The normalized spacial score (nSPS) is 18.8. The number of hydrogen-bond donors (Lipinski definition) is 3. The van der Waals surface area contributed by atoms with Crippen LogP contribution in [0.1, 0.15) is 43.2 Å². The number of aromatic hydroxyl groups is 1. The molecule has 1 amide bonds. The third-order valence-electron chi connectivity index (χ3n) is 3.85. The molecule has 3 N–H and O–H groups in total. The van der Waals surface area contributed by atoms with Crippen molar-refractivity contribution in [3.8, 4) is 5.75 Å². The highest BCUT2D eigenvalue weighted by molar-refractivity contribution is 5.92. The van der Waals surface area contributed by atoms with E-state index in [4.69, 9.17) is 0 Å². The van der Waals surface area contributed by atoms with E-state index in [1.165, 1.54) is 12.8 Å². The SMILES string of the molecule is Cc1cc(C)c(O)c(NC(=O)CCC2CCCCN2)c1. The smallest absolute Gasteiger partial charge is 0.224 e. The van der Waals surface area contributed by atoms with Crippen molar-refractivity contribution < 1.29 is 9.90 Å². The molecule has 4 nitrogen and oxygen atoms in total. The average Bonchev–Trinajstić information content (AvgIpc) is 2.43. The minimum atomic E-state index is -0.0299. The lowest BCUT2D eigenvalue weighted by Gasteiger charge is -2.23. The van der Waals surface area contributed by atoms with E-state index in [0.717, 1.165) is 30.5 Å². The molecule has 0 aromatic heterocycles. The molecule has 1 aromatic rings. The Morgan fingerprint density at radius 1 is 1.40 bits per heavy atom. The molecule has 1 unspecified atom stereocenters. The molecule has 1 aliphatic rings. The van der Waals surface area contributed by atoms with Gasteiger partial charge in [0.1, 0.15) is 5.75 Å². The summed E-state index contributed by atoms with van der Waals surface area (Å²) in [6, 6.07) is 4.16. The van der Waals surface area contributed by atoms with Crippen molar-refractivity contribution in [2.75, 3.05) is 11.9 Å². The Balaban J connectivity index is 1.88. The maximum Gasteiger partial charge on any atom is 0.224 e. The largest absolute Gasteiger partial charge is 0.505 e. The molecule has 4 heteroatoms. The third kappa shape index (κ3) is 3.97. The molecule has 0 saturated carbocycles. The van der Waals surface area contributed by atoms with Gasteiger partial charge in [0.15, 0.2) is 0 Å². The first kappa shape index (κ1) is 14.9. The van der Waals surface area contributed by atoms with Crippen LogP contribution in [0.5, 0.6) is 5.75 Å². The van der Waals surface area contributed by atoms with Gasteiger partial charge in [0, 0.05) is 12.5 Å². The number of amides is 1. The quantitative estimate of drug-likeness (QED) is 0.741. The summed E-state index contributed by atoms with van der Waals surface area (Å²) in [4.78, 5) is 12.0. The Morgan fingerprint density at radius 3 is 2.90 bits per heavy atom. The van der Waals surface area contributed by atoms with E-state index in [1.54, 1.807) is 6.07 Å². The van der Waals surface area contributed by atoms with Gasteiger partial charge in [0.05, 0.1) is 5.69 Å². The number of carbonyl (C=O) groups excluding carboxylic acids is 1. The van der Waals surface area contributed by atoms with Gasteiger partial charge in [-0.15, -0.1) is 0 Å². The molecule has 1 atom stereocenters. The molecule has 20 heavy (non-hydrogen) atoms. The van der Waals surface area contributed by atoms with Gasteiger partial charge >= 0.3 is 0 Å². The van der Waals surface area contributed by atoms with Gasteiger partial charge in [0.25, 0.3) is 0 Å². The van der Waals surface area contributed by atoms with Crippen LogP contribution in [0.15, 0.2) is 12.1 Å². The highest BCUT2D eigenvalue weighted by Gasteiger charge is 2.15. The fraction of sp³-hybridized carbons (Fsp3) is 0.562. The molecule has 0 radical (unpaired) electrons. The number of phenolic OH excluding ortho intramolecular Hbond substituents is 1. The lowest BCUT2D eigenvalue weighted by atomic mass is 10.0. The molecule has 2 rings (SSSR count). The highest BCUT2D eigenvalue weighted by Crippen LogP contribution is 2.28. The summed E-state index contributed by atoms with van der Waals surface area (Å²) in [7, 11) is 0. The summed E-state index contributed by atoms with van der Waals surface area (Å²) in [6.07, 6.45) is 4.99. The fourth-order valence-corrected chi connectivity index (χ4v) is 2.74. The van der Waals surface area contributed by atoms with Crippen molar-refractivity contribution >= 4 is 11.6 Å². The number of rotatable bonds is 4. The van der Waals surface area contributed by atoms with E-state index >= 15 is 0 Å². The molecule has 110 valence electrons. The van der Waals surface area contributed by atoms with E-state index in [1.807, 2.05) is 19.9 Å². The van der Waals surface area contributed by atoms with Crippen molar-refractivity contribution in [1.82, 2.24) is 5.32 Å². The fourth-order valence-electron chi connectivity index (χ4n) is 2.74. The van der Waals surface area contributed by atoms with Crippen molar-refractivity contribution in [1.29, 1.82) is 0 Å². The summed E-state index contributed by atoms with van der Waals surface area (Å²) in [5, 5.41) is 16.2. The summed E-state index contributed by atoms with van der Waals surface area (Å²) in [5.41, 5.74) is 2.34. The van der Waals surface area contributed by atoms with Crippen LogP contribution in [0.3, 0.4) is 0 Å². The minimum absolute atomic E-state index is 0.0299. The number of aryl methyl sites for hydroxylation is 2. The minimum Gasteiger partial charge on any atom is -0.505 e. The third-order valence-corrected chi connectivity index (χ3v) is 3.85. The van der Waals surface area contributed by atoms with E-state index in [0.29, 0.717) is 18.2 Å². The van der Waals surface area contributed by atoms with Crippen molar-refractivity contribution in [2.45, 2.75) is 52.0 Å². The molecule has 1 heterocycles. The lowest BCUT2D eigenvalue weighted by molar-refractivity contribution is -0.116. The first-order valence-electron chi connectivity index (χ1n) is 7.39. The number of piperidine rings is 1. The second kappa shape index (κ2) is 6.75. The molecule has 0 bridgehead atoms. The standard InChI is InChI=1S/C16H24N2O2/c1-11-9-12(2)16(20)14(10-11)18-15(19)7-6-13-5-3-4-8-17-13/h9-10,13,17,20H,3-8H2,1-2H3,(H,18,19). The van der Waals surface area contributed by atoms with Gasteiger partial charge in [-0.1, -0.05) is 12.5 Å². The Morgan fingerprint density at radius 2 is 2.20 bits per heavy atom. The van der Waals surface area contributed by atoms with Crippen molar-refractivity contribution in [3.05, 3.63) is 23.3 Å². The van der Waals surface area contributed by atoms with Crippen LogP contribution in [-0.4, -0.2) is 23.6 Å². The van der Waals surface area contributed by atoms with Crippen LogP contribution in [0.2, 0.25) is 0 Å². The second-order valence-corrected chi connectivity index (χ2v) is 5.71. The Kier molecular flexibility index (Phi) is 5.01. The number of anilines is 1. The zero-order valence-electron chi connectivity index (χ0n) is 12.3. The predicted molar refractivity (Wildman–Crippen MR) is 81.1 cm³/mol. The van der Waals surface area contributed by atoms with Gasteiger partial charge in [-0.3, -0.25) is 4.79 Å². The second-order valence-electron chi connectivity index (χ2n) is 5.71. The summed E-state index contributed by atoms with van der Waals surface area (Å²) >= 11 is 0. The van der Waals surface area contributed by atoms with Gasteiger partial charge in [-0.05, 0) is 56.8 Å². The first-order chi connectivity index (χ1) is 9.56. The highest BCUT2D eigenvalue weighted by atomic mass is 16.3. The van der Waals surface area contributed by atoms with E-state index in [2.05, 4.69) is 10.6 Å². The lowest BCUT2D eigenvalue weighted by Crippen LogP contribution is -2.34. The van der Waals surface area contributed by atoms with Gasteiger partial charge < -0.3 is 15.7 Å². The van der Waals surface area contributed by atoms with Gasteiger partial charge in [-0.2, -0.15) is 0 Å². The van der Waals surface area contributed by atoms with Crippen LogP contribution < -0.4 is 10.6 Å². The molecule has 1 fully saturated rings. The molecule has 0 aliphatic carbocycles. The van der Waals surface area contributed by atoms with E-state index < -0.39 is 0 Å². The number of nitrogens with one attached hydrogen (secondary N) is 2. The molecule has 0 spiro atoms. The van der Waals surface area contributed by atoms with Crippen LogP contribution in [0.4, 0.5) is 5.69 Å². The molecular formula is C16H24N2O2. The summed E-state index contributed by atoms with van der Waals surface area (Å²) in [5.74, 6) is 0.136. The van der Waals surface area contributed by atoms with Gasteiger partial charge in [-0.25, -0.2) is 0 Å². The van der Waals surface area contributed by atoms with Crippen LogP contribution in [-0.2, 0) is 4.79 Å². The Labute approximate surface area is 120 Å². The molecular weight excluding hydrogens is 252 g/mol. The number of hydrogen-bond acceptors (Lipinski definition) is 3. The zero-order valence-corrected chi connectivity index (χ0v) is 12.3. The maximum absolute atomic E-state index is 12.0. The Hall–Kier alpha value is -1.55. The van der Waals surface area contributed by atoms with Gasteiger partial charge in [0.2, 0.25) is 5.91 Å². The number of benzene rings is 1. The van der Waals surface area contributed by atoms with Crippen LogP contribution in [0, 0.1) is 13.8 Å². The molecule has 1 saturated heterocycles. The molecule has 1 aliphatic heterocycles.